The molecule has 3 heterocycles. The molecule has 0 saturated carbocycles. The second-order valence-electron chi connectivity index (χ2n) is 10.7. The Morgan fingerprint density at radius 2 is 1.74 bits per heavy atom. The Balaban J connectivity index is 1.35. The maximum atomic E-state index is 10.4. The third-order valence-corrected chi connectivity index (χ3v) is 8.26. The van der Waals surface area contributed by atoms with Crippen LogP contribution in [0.5, 0.6) is 0 Å². The first-order valence-electron chi connectivity index (χ1n) is 12.6. The molecule has 1 fully saturated rings. The minimum Gasteiger partial charge on any atom is -0.386 e. The number of pyridine rings is 1. The summed E-state index contributed by atoms with van der Waals surface area (Å²) in [5.74, 6) is 0. The van der Waals surface area contributed by atoms with Crippen molar-refractivity contribution in [2.75, 3.05) is 6.54 Å². The highest BCUT2D eigenvalue weighted by Crippen LogP contribution is 2.37. The van der Waals surface area contributed by atoms with Crippen molar-refractivity contribution in [3.63, 3.8) is 0 Å². The number of benzene rings is 2. The van der Waals surface area contributed by atoms with Crippen LogP contribution in [0.4, 0.5) is 0 Å². The first kappa shape index (κ1) is 22.7. The van der Waals surface area contributed by atoms with Crippen LogP contribution in [0.2, 0.25) is 5.02 Å². The van der Waals surface area contributed by atoms with E-state index < -0.39 is 5.60 Å². The zero-order valence-corrected chi connectivity index (χ0v) is 21.0. The molecule has 6 heteroatoms. The Hall–Kier alpha value is -2.73. The highest BCUT2D eigenvalue weighted by molar-refractivity contribution is 6.31. The van der Waals surface area contributed by atoms with Gasteiger partial charge in [0, 0.05) is 38.8 Å². The fraction of sp³-hybridized carbons (Fsp3) is 0.379. The maximum absolute atomic E-state index is 10.4. The highest BCUT2D eigenvalue weighted by Gasteiger charge is 2.34. The van der Waals surface area contributed by atoms with Crippen molar-refractivity contribution in [1.29, 1.82) is 0 Å². The summed E-state index contributed by atoms with van der Waals surface area (Å²) in [6.07, 6.45) is 9.23. The van der Waals surface area contributed by atoms with Gasteiger partial charge in [-0.05, 0) is 87.7 Å². The molecule has 2 aromatic heterocycles. The van der Waals surface area contributed by atoms with Crippen molar-refractivity contribution in [3.05, 3.63) is 70.4 Å². The molecule has 0 bridgehead atoms. The summed E-state index contributed by atoms with van der Waals surface area (Å²) in [4.78, 5) is 4.65. The lowest BCUT2D eigenvalue weighted by Crippen LogP contribution is -2.39. The number of aliphatic hydroxyl groups is 1. The Morgan fingerprint density at radius 1 is 0.943 bits per heavy atom. The van der Waals surface area contributed by atoms with E-state index in [0.29, 0.717) is 21.8 Å². The summed E-state index contributed by atoms with van der Waals surface area (Å²) in [6, 6.07) is 14.8. The fourth-order valence-corrected chi connectivity index (χ4v) is 6.31. The molecule has 1 atom stereocenters. The number of aromatic nitrogens is 3. The van der Waals surface area contributed by atoms with Crippen molar-refractivity contribution in [2.45, 2.75) is 63.5 Å². The van der Waals surface area contributed by atoms with Gasteiger partial charge in [-0.3, -0.25) is 5.10 Å². The molecule has 3 N–H and O–H groups in total. The van der Waals surface area contributed by atoms with E-state index in [4.69, 9.17) is 11.6 Å². The molecular weight excluding hydrogens is 456 g/mol. The largest absolute Gasteiger partial charge is 0.386 e. The molecule has 1 aliphatic heterocycles. The smallest absolute Gasteiger partial charge is 0.181 e. The monoisotopic (exact) mass is 486 g/mol. The van der Waals surface area contributed by atoms with E-state index in [1.165, 1.54) is 42.4 Å². The number of H-pyrrole nitrogens is 1. The van der Waals surface area contributed by atoms with Crippen LogP contribution < -0.4 is 5.32 Å². The van der Waals surface area contributed by atoms with E-state index in [1.54, 1.807) is 13.8 Å². The summed E-state index contributed by atoms with van der Waals surface area (Å²) >= 11 is 6.52. The van der Waals surface area contributed by atoms with Crippen LogP contribution in [-0.2, 0) is 18.4 Å². The average molecular weight is 487 g/mol. The lowest BCUT2D eigenvalue weighted by Gasteiger charge is -2.27. The Kier molecular flexibility index (Phi) is 5.48. The predicted molar refractivity (Wildman–Crippen MR) is 142 cm³/mol. The van der Waals surface area contributed by atoms with Crippen LogP contribution in [0.25, 0.3) is 33.4 Å². The van der Waals surface area contributed by atoms with Crippen LogP contribution in [0.15, 0.2) is 48.7 Å². The van der Waals surface area contributed by atoms with Crippen molar-refractivity contribution >= 4 is 22.6 Å². The number of aromatic amines is 1. The van der Waals surface area contributed by atoms with Gasteiger partial charge in [-0.1, -0.05) is 41.9 Å². The quantitative estimate of drug-likeness (QED) is 0.323. The van der Waals surface area contributed by atoms with Gasteiger partial charge in [0.2, 0.25) is 0 Å². The summed E-state index contributed by atoms with van der Waals surface area (Å²) in [5.41, 5.74) is 7.74. The number of fused-ring (bicyclic) bond motifs is 2. The van der Waals surface area contributed by atoms with Gasteiger partial charge in [-0.2, -0.15) is 5.10 Å². The molecule has 2 aliphatic rings. The average Bonchev–Trinajstić information content (AvgIpc) is 3.43. The van der Waals surface area contributed by atoms with Crippen LogP contribution in [-0.4, -0.2) is 32.4 Å². The van der Waals surface area contributed by atoms with Crippen LogP contribution in [0.1, 0.15) is 56.2 Å². The molecule has 5 nitrogen and oxygen atoms in total. The van der Waals surface area contributed by atoms with Crippen LogP contribution in [0, 0.1) is 0 Å². The molecule has 1 unspecified atom stereocenters. The number of aryl methyl sites for hydroxylation is 2. The van der Waals surface area contributed by atoms with E-state index in [2.05, 4.69) is 44.8 Å². The molecule has 0 radical (unpaired) electrons. The number of halogens is 1. The van der Waals surface area contributed by atoms with E-state index in [0.717, 1.165) is 41.6 Å². The summed E-state index contributed by atoms with van der Waals surface area (Å²) < 4.78 is 0. The number of nitrogens with one attached hydrogen (secondary N) is 2. The van der Waals surface area contributed by atoms with E-state index in [-0.39, 0.29) is 0 Å². The second-order valence-corrected chi connectivity index (χ2v) is 11.1. The van der Waals surface area contributed by atoms with Gasteiger partial charge in [0.15, 0.2) is 5.65 Å². The topological polar surface area (TPSA) is 73.8 Å². The predicted octanol–water partition coefficient (Wildman–Crippen LogP) is 6.17. The molecule has 0 amide bonds. The third kappa shape index (κ3) is 4.16. The molecule has 180 valence electrons. The molecule has 2 aromatic carbocycles. The van der Waals surface area contributed by atoms with Gasteiger partial charge in [-0.15, -0.1) is 0 Å². The number of rotatable bonds is 3. The van der Waals surface area contributed by atoms with Crippen LogP contribution in [0.3, 0.4) is 0 Å². The summed E-state index contributed by atoms with van der Waals surface area (Å²) in [6.45, 7) is 4.63. The van der Waals surface area contributed by atoms with E-state index in [1.807, 2.05) is 24.4 Å². The second kappa shape index (κ2) is 8.44. The maximum Gasteiger partial charge on any atom is 0.181 e. The zero-order valence-electron chi connectivity index (χ0n) is 20.3. The van der Waals surface area contributed by atoms with Gasteiger partial charge in [0.25, 0.3) is 0 Å². The van der Waals surface area contributed by atoms with Crippen molar-refractivity contribution in [1.82, 2.24) is 20.5 Å². The standard InChI is InChI=1S/C29H31ClN4O/c1-28(2,35)24-7-6-21(16-25(24)30)26-23-15-22(17-31-27(23)34-33-26)19-5-4-18-8-11-29(10-3-13-32-29)12-9-20(18)14-19/h4-7,14-17,32,35H,3,8-13H2,1-2H3,(H,31,33,34). The number of hydrogen-bond donors (Lipinski definition) is 3. The van der Waals surface area contributed by atoms with Crippen molar-refractivity contribution in [3.8, 4) is 22.4 Å². The van der Waals surface area contributed by atoms with Crippen LogP contribution >= 0.6 is 11.6 Å². The Bertz CT molecular complexity index is 1410. The van der Waals surface area contributed by atoms with E-state index in [9.17, 15) is 5.11 Å². The molecule has 4 aromatic rings. The van der Waals surface area contributed by atoms with Crippen molar-refractivity contribution < 1.29 is 5.11 Å². The molecule has 35 heavy (non-hydrogen) atoms. The Morgan fingerprint density at radius 3 is 2.49 bits per heavy atom. The lowest BCUT2D eigenvalue weighted by molar-refractivity contribution is 0.0787. The molecular formula is C29H31ClN4O. The molecule has 1 saturated heterocycles. The SMILES string of the molecule is CC(C)(O)c1ccc(-c2[nH]nc3ncc(-c4ccc5c(c4)CCC4(CCCN4)CC5)cc23)cc1Cl. The minimum absolute atomic E-state index is 0.341. The number of nitrogens with zero attached hydrogens (tertiary/aromatic N) is 2. The van der Waals surface area contributed by atoms with Gasteiger partial charge in [-0.25, -0.2) is 4.98 Å². The van der Waals surface area contributed by atoms with Crippen molar-refractivity contribution in [2.24, 2.45) is 0 Å². The van der Waals surface area contributed by atoms with Gasteiger partial charge >= 0.3 is 0 Å². The molecule has 6 rings (SSSR count). The molecule has 1 aliphatic carbocycles. The zero-order chi connectivity index (χ0) is 24.2. The van der Waals surface area contributed by atoms with Gasteiger partial charge in [0.1, 0.15) is 0 Å². The normalized spacial score (nSPS) is 20.3. The first-order valence-corrected chi connectivity index (χ1v) is 12.9. The minimum atomic E-state index is -1.00. The lowest BCUT2D eigenvalue weighted by atomic mass is 9.88. The summed E-state index contributed by atoms with van der Waals surface area (Å²) in [5, 5.41) is 23.2. The molecule has 1 spiro atoms. The van der Waals surface area contributed by atoms with E-state index >= 15 is 0 Å². The number of hydrogen-bond acceptors (Lipinski definition) is 4. The first-order chi connectivity index (χ1) is 16.8. The summed E-state index contributed by atoms with van der Waals surface area (Å²) in [7, 11) is 0. The van der Waals surface area contributed by atoms with Gasteiger partial charge in [0.05, 0.1) is 11.3 Å². The third-order valence-electron chi connectivity index (χ3n) is 7.94. The fourth-order valence-electron chi connectivity index (χ4n) is 5.89. The highest BCUT2D eigenvalue weighted by atomic mass is 35.5. The van der Waals surface area contributed by atoms with Gasteiger partial charge < -0.3 is 10.4 Å². The Labute approximate surface area is 210 Å².